The summed E-state index contributed by atoms with van der Waals surface area (Å²) < 4.78 is 10.7. The Hall–Kier alpha value is -0.160. The van der Waals surface area contributed by atoms with E-state index in [4.69, 9.17) is 9.47 Å². The molecule has 13 heavy (non-hydrogen) atoms. The van der Waals surface area contributed by atoms with Gasteiger partial charge in [0.05, 0.1) is 26.3 Å². The molecular formula is C9H28N2O2+2. The molecule has 0 atom stereocenters. The van der Waals surface area contributed by atoms with Gasteiger partial charge in [0.1, 0.15) is 0 Å². The zero-order valence-corrected chi connectivity index (χ0v) is 7.56. The third kappa shape index (κ3) is 11.8. The fraction of sp³-hybridized carbons (Fsp3) is 1.00. The molecule has 0 spiro atoms. The summed E-state index contributed by atoms with van der Waals surface area (Å²) in [6.45, 7) is 6.64. The normalized spacial score (nSPS) is 10.2. The average Bonchev–Trinajstić information content (AvgIpc) is 1.97. The largest absolute Gasteiger partial charge is 0.356 e. The van der Waals surface area contributed by atoms with Gasteiger partial charge in [-0.3, -0.25) is 0 Å². The first-order chi connectivity index (χ1) is 5.12. The molecule has 0 aromatic rings. The molecule has 6 N–H and O–H groups in total. The minimum atomic E-state index is -0.477. The topological polar surface area (TPSA) is 73.7 Å². The van der Waals surface area contributed by atoms with Crippen LogP contribution in [0.5, 0.6) is 0 Å². The molecule has 0 amide bonds. The van der Waals surface area contributed by atoms with E-state index in [0.29, 0.717) is 13.2 Å². The zero-order chi connectivity index (χ0) is 8.74. The molecule has 0 heterocycles. The monoisotopic (exact) mass is 196 g/mol. The van der Waals surface area contributed by atoms with Crippen LogP contribution in [-0.2, 0) is 9.47 Å². The van der Waals surface area contributed by atoms with Crippen molar-refractivity contribution >= 4 is 0 Å². The van der Waals surface area contributed by atoms with Crippen LogP contribution in [-0.4, -0.2) is 32.1 Å². The van der Waals surface area contributed by atoms with E-state index in [1.165, 1.54) is 0 Å². The van der Waals surface area contributed by atoms with Gasteiger partial charge < -0.3 is 20.9 Å². The minimum absolute atomic E-state index is 0. The van der Waals surface area contributed by atoms with Crippen molar-refractivity contribution in [2.45, 2.75) is 34.5 Å². The standard InChI is InChI=1S/C7H18N2O2.2CH4/c1-7(2,10-5-3-8)11-6-4-9;;/h3-6,8-9H2,1-2H3;2*1H4/p+2. The molecule has 0 aromatic carbocycles. The highest BCUT2D eigenvalue weighted by atomic mass is 16.7. The summed E-state index contributed by atoms with van der Waals surface area (Å²) in [5, 5.41) is 0. The molecule has 0 fully saturated rings. The first-order valence-corrected chi connectivity index (χ1v) is 3.99. The molecule has 0 unspecified atom stereocenters. The van der Waals surface area contributed by atoms with Crippen molar-refractivity contribution in [1.29, 1.82) is 0 Å². The molecular weight excluding hydrogens is 168 g/mol. The van der Waals surface area contributed by atoms with Crippen molar-refractivity contribution < 1.29 is 20.9 Å². The molecule has 0 saturated carbocycles. The van der Waals surface area contributed by atoms with Crippen molar-refractivity contribution in [3.05, 3.63) is 0 Å². The van der Waals surface area contributed by atoms with Crippen molar-refractivity contribution in [2.24, 2.45) is 0 Å². The predicted octanol–water partition coefficient (Wildman–Crippen LogP) is -0.488. The Labute approximate surface area is 82.6 Å². The Morgan fingerprint density at radius 1 is 0.923 bits per heavy atom. The minimum Gasteiger partial charge on any atom is -0.356 e. The van der Waals surface area contributed by atoms with E-state index in [0.717, 1.165) is 13.1 Å². The first-order valence-electron chi connectivity index (χ1n) is 3.99. The van der Waals surface area contributed by atoms with Crippen molar-refractivity contribution in [3.63, 3.8) is 0 Å². The van der Waals surface area contributed by atoms with Gasteiger partial charge in [0.2, 0.25) is 0 Å². The highest BCUT2D eigenvalue weighted by Crippen LogP contribution is 2.09. The quantitative estimate of drug-likeness (QED) is 0.563. The number of ether oxygens (including phenoxy) is 2. The molecule has 0 aliphatic carbocycles. The second kappa shape index (κ2) is 9.92. The molecule has 4 heteroatoms. The predicted molar refractivity (Wildman–Crippen MR) is 55.0 cm³/mol. The summed E-state index contributed by atoms with van der Waals surface area (Å²) in [5.74, 6) is -0.477. The van der Waals surface area contributed by atoms with Crippen LogP contribution < -0.4 is 11.5 Å². The van der Waals surface area contributed by atoms with Crippen molar-refractivity contribution in [2.75, 3.05) is 26.3 Å². The molecule has 0 aromatic heterocycles. The third-order valence-corrected chi connectivity index (χ3v) is 1.19. The van der Waals surface area contributed by atoms with E-state index in [-0.39, 0.29) is 14.9 Å². The Morgan fingerprint density at radius 2 is 1.23 bits per heavy atom. The molecule has 0 aliphatic heterocycles. The smallest absolute Gasteiger partial charge is 0.163 e. The van der Waals surface area contributed by atoms with Crippen molar-refractivity contribution in [3.8, 4) is 0 Å². The van der Waals surface area contributed by atoms with Crippen LogP contribution >= 0.6 is 0 Å². The summed E-state index contributed by atoms with van der Waals surface area (Å²) in [5.41, 5.74) is 7.35. The van der Waals surface area contributed by atoms with Gasteiger partial charge in [0, 0.05) is 0 Å². The van der Waals surface area contributed by atoms with Gasteiger partial charge in [0.15, 0.2) is 5.79 Å². The van der Waals surface area contributed by atoms with Gasteiger partial charge in [-0.2, -0.15) is 0 Å². The Morgan fingerprint density at radius 3 is 1.46 bits per heavy atom. The van der Waals surface area contributed by atoms with Crippen LogP contribution in [0.4, 0.5) is 0 Å². The second-order valence-corrected chi connectivity index (χ2v) is 2.80. The number of hydrogen-bond donors (Lipinski definition) is 2. The highest BCUT2D eigenvalue weighted by molar-refractivity contribution is 4.52. The molecule has 84 valence electrons. The van der Waals surface area contributed by atoms with Crippen LogP contribution in [0.3, 0.4) is 0 Å². The molecule has 0 bridgehead atoms. The van der Waals surface area contributed by atoms with Gasteiger partial charge in [0.25, 0.3) is 0 Å². The highest BCUT2D eigenvalue weighted by Gasteiger charge is 2.17. The van der Waals surface area contributed by atoms with Gasteiger partial charge >= 0.3 is 0 Å². The second-order valence-electron chi connectivity index (χ2n) is 2.80. The van der Waals surface area contributed by atoms with Gasteiger partial charge in [-0.25, -0.2) is 0 Å². The van der Waals surface area contributed by atoms with Crippen molar-refractivity contribution in [1.82, 2.24) is 0 Å². The van der Waals surface area contributed by atoms with E-state index in [2.05, 4.69) is 11.5 Å². The summed E-state index contributed by atoms with van der Waals surface area (Å²) in [6, 6.07) is 0. The molecule has 4 nitrogen and oxygen atoms in total. The fourth-order valence-electron chi connectivity index (χ4n) is 0.678. The lowest BCUT2D eigenvalue weighted by Crippen LogP contribution is -2.54. The SMILES string of the molecule is C.C.CC(C)(OCC[NH3+])OCC[NH3+]. The molecule has 0 radical (unpaired) electrons. The number of quaternary nitrogens is 2. The maximum absolute atomic E-state index is 5.37. The van der Waals surface area contributed by atoms with Crippen LogP contribution in [0, 0.1) is 0 Å². The lowest BCUT2D eigenvalue weighted by molar-refractivity contribution is -0.394. The van der Waals surface area contributed by atoms with Crippen LogP contribution in [0.15, 0.2) is 0 Å². The molecule has 0 saturated heterocycles. The lowest BCUT2D eigenvalue weighted by atomic mass is 10.4. The lowest BCUT2D eigenvalue weighted by Gasteiger charge is -2.24. The van der Waals surface area contributed by atoms with E-state index in [1.54, 1.807) is 0 Å². The fourth-order valence-corrected chi connectivity index (χ4v) is 0.678. The Bertz CT molecular complexity index is 87.6. The van der Waals surface area contributed by atoms with Crippen LogP contribution in [0.1, 0.15) is 28.7 Å². The van der Waals surface area contributed by atoms with Crippen LogP contribution in [0.2, 0.25) is 0 Å². The summed E-state index contributed by atoms with van der Waals surface area (Å²) >= 11 is 0. The Kier molecular flexibility index (Phi) is 14.2. The first kappa shape index (κ1) is 18.6. The van der Waals surface area contributed by atoms with Gasteiger partial charge in [-0.05, 0) is 13.8 Å². The zero-order valence-electron chi connectivity index (χ0n) is 7.56. The summed E-state index contributed by atoms with van der Waals surface area (Å²) in [4.78, 5) is 0. The van der Waals surface area contributed by atoms with E-state index < -0.39 is 5.79 Å². The maximum atomic E-state index is 5.37. The summed E-state index contributed by atoms with van der Waals surface area (Å²) in [6.07, 6.45) is 0. The third-order valence-electron chi connectivity index (χ3n) is 1.19. The number of rotatable bonds is 6. The maximum Gasteiger partial charge on any atom is 0.163 e. The van der Waals surface area contributed by atoms with E-state index in [1.807, 2.05) is 13.8 Å². The Balaban J connectivity index is -0.000000500. The average molecular weight is 196 g/mol. The van der Waals surface area contributed by atoms with Gasteiger partial charge in [-0.1, -0.05) is 14.9 Å². The number of hydrogen-bond acceptors (Lipinski definition) is 2. The summed E-state index contributed by atoms with van der Waals surface area (Å²) in [7, 11) is 0. The molecule has 0 aliphatic rings. The van der Waals surface area contributed by atoms with Gasteiger partial charge in [-0.15, -0.1) is 0 Å². The van der Waals surface area contributed by atoms with Crippen LogP contribution in [0.25, 0.3) is 0 Å². The van der Waals surface area contributed by atoms with E-state index in [9.17, 15) is 0 Å². The van der Waals surface area contributed by atoms with E-state index >= 15 is 0 Å². The molecule has 0 rings (SSSR count).